The molecule has 10 nitrogen and oxygen atoms in total. The second kappa shape index (κ2) is 10.5. The van der Waals surface area contributed by atoms with Gasteiger partial charge in [-0.05, 0) is 54.6 Å². The van der Waals surface area contributed by atoms with Crippen LogP contribution >= 0.6 is 15.9 Å². The van der Waals surface area contributed by atoms with Crippen LogP contribution in [0.1, 0.15) is 15.9 Å². The molecule has 4 aromatic rings. The van der Waals surface area contributed by atoms with Crippen molar-refractivity contribution < 1.29 is 22.3 Å². The number of halogens is 1. The van der Waals surface area contributed by atoms with E-state index in [1.54, 1.807) is 34.9 Å². The summed E-state index contributed by atoms with van der Waals surface area (Å²) in [6.07, 6.45) is 4.87. The van der Waals surface area contributed by atoms with Crippen molar-refractivity contribution in [1.82, 2.24) is 9.99 Å². The molecule has 0 aliphatic heterocycles. The van der Waals surface area contributed by atoms with Crippen LogP contribution in [-0.2, 0) is 10.1 Å². The average molecular weight is 569 g/mol. The molecular weight excluding hydrogens is 552 g/mol. The van der Waals surface area contributed by atoms with Gasteiger partial charge < -0.3 is 8.75 Å². The average Bonchev–Trinajstić information content (AvgIpc) is 3.40. The van der Waals surface area contributed by atoms with Gasteiger partial charge in [0.25, 0.3) is 11.6 Å². The molecule has 1 amide bonds. The number of amides is 1. The van der Waals surface area contributed by atoms with Crippen LogP contribution < -0.4 is 9.61 Å². The Bertz CT molecular complexity index is 1550. The second-order valence-electron chi connectivity index (χ2n) is 7.28. The Balaban J connectivity index is 1.54. The molecule has 0 spiro atoms. The number of nitrogens with zero attached hydrogens (tertiary/aromatic N) is 3. The maximum absolute atomic E-state index is 12.8. The predicted octanol–water partition coefficient (Wildman–Crippen LogP) is 4.68. The zero-order chi connectivity index (χ0) is 25.7. The summed E-state index contributed by atoms with van der Waals surface area (Å²) in [5.74, 6) is -0.520. The molecule has 1 heterocycles. The molecule has 182 valence electrons. The highest BCUT2D eigenvalue weighted by atomic mass is 79.9. The third-order valence-corrected chi connectivity index (χ3v) is 6.65. The first-order valence-corrected chi connectivity index (χ1v) is 12.5. The predicted molar refractivity (Wildman–Crippen MR) is 136 cm³/mol. The van der Waals surface area contributed by atoms with Crippen molar-refractivity contribution in [2.45, 2.75) is 4.90 Å². The first-order chi connectivity index (χ1) is 17.2. The largest absolute Gasteiger partial charge is 0.378 e. The number of para-hydroxylation sites is 1. The number of nitro benzene ring substituents is 1. The Kier molecular flexibility index (Phi) is 7.27. The molecule has 1 N–H and O–H groups in total. The molecule has 12 heteroatoms. The summed E-state index contributed by atoms with van der Waals surface area (Å²) >= 11 is 3.31. The number of hydrogen-bond donors (Lipinski definition) is 1. The summed E-state index contributed by atoms with van der Waals surface area (Å²) in [6.45, 7) is 0. The maximum Gasteiger partial charge on any atom is 0.339 e. The van der Waals surface area contributed by atoms with Gasteiger partial charge in [0.2, 0.25) is 0 Å². The summed E-state index contributed by atoms with van der Waals surface area (Å²) in [5.41, 5.74) is 3.50. The van der Waals surface area contributed by atoms with E-state index in [0.717, 1.165) is 24.3 Å². The van der Waals surface area contributed by atoms with E-state index < -0.39 is 20.9 Å². The van der Waals surface area contributed by atoms with E-state index in [9.17, 15) is 23.3 Å². The van der Waals surface area contributed by atoms with Crippen molar-refractivity contribution in [1.29, 1.82) is 0 Å². The van der Waals surface area contributed by atoms with Gasteiger partial charge in [-0.3, -0.25) is 14.9 Å². The van der Waals surface area contributed by atoms with E-state index in [1.165, 1.54) is 12.3 Å². The molecule has 36 heavy (non-hydrogen) atoms. The van der Waals surface area contributed by atoms with Crippen LogP contribution in [0.3, 0.4) is 0 Å². The van der Waals surface area contributed by atoms with Crippen LogP contribution in [-0.4, -0.2) is 30.0 Å². The summed E-state index contributed by atoms with van der Waals surface area (Å²) in [7, 11) is -4.30. The normalized spacial score (nSPS) is 11.4. The van der Waals surface area contributed by atoms with E-state index in [1.807, 2.05) is 30.6 Å². The lowest BCUT2D eigenvalue weighted by molar-refractivity contribution is -0.384. The van der Waals surface area contributed by atoms with Gasteiger partial charge in [-0.1, -0.05) is 28.1 Å². The first kappa shape index (κ1) is 24.8. The molecule has 0 atom stereocenters. The summed E-state index contributed by atoms with van der Waals surface area (Å²) in [6, 6.07) is 19.5. The monoisotopic (exact) mass is 568 g/mol. The van der Waals surface area contributed by atoms with Gasteiger partial charge in [0.1, 0.15) is 4.90 Å². The van der Waals surface area contributed by atoms with Gasteiger partial charge in [0, 0.05) is 34.6 Å². The van der Waals surface area contributed by atoms with Gasteiger partial charge in [0.15, 0.2) is 5.75 Å². The fourth-order valence-electron chi connectivity index (χ4n) is 3.20. The number of non-ortho nitro benzene ring substituents is 1. The maximum atomic E-state index is 12.8. The Morgan fingerprint density at radius 3 is 2.42 bits per heavy atom. The van der Waals surface area contributed by atoms with Crippen molar-refractivity contribution in [2.24, 2.45) is 5.10 Å². The Labute approximate surface area is 214 Å². The van der Waals surface area contributed by atoms with Crippen LogP contribution in [0.5, 0.6) is 5.75 Å². The zero-order valence-corrected chi connectivity index (χ0v) is 20.7. The number of aromatic nitrogens is 1. The Hall–Kier alpha value is -4.29. The van der Waals surface area contributed by atoms with Crippen molar-refractivity contribution in [2.75, 3.05) is 0 Å². The molecule has 0 bridgehead atoms. The molecular formula is C24H17BrN4O6S. The number of nitro groups is 1. The summed E-state index contributed by atoms with van der Waals surface area (Å²) in [5, 5.41) is 14.8. The molecule has 0 radical (unpaired) electrons. The Morgan fingerprint density at radius 1 is 1.03 bits per heavy atom. The lowest BCUT2D eigenvalue weighted by Gasteiger charge is -2.10. The minimum Gasteiger partial charge on any atom is -0.378 e. The summed E-state index contributed by atoms with van der Waals surface area (Å²) < 4.78 is 33.1. The van der Waals surface area contributed by atoms with Crippen molar-refractivity contribution >= 4 is 43.9 Å². The van der Waals surface area contributed by atoms with Crippen LogP contribution in [0, 0.1) is 10.1 Å². The molecule has 4 rings (SSSR count). The number of benzene rings is 3. The SMILES string of the molecule is O=C(N/N=C\c1cc(Br)ccc1OS(=O)(=O)c1ccc([N+](=O)[O-])cc1)c1ccccc1-n1cccc1. The molecule has 0 aliphatic rings. The quantitative estimate of drug-likeness (QED) is 0.142. The van der Waals surface area contributed by atoms with Gasteiger partial charge in [-0.15, -0.1) is 0 Å². The smallest absolute Gasteiger partial charge is 0.339 e. The lowest BCUT2D eigenvalue weighted by atomic mass is 10.1. The van der Waals surface area contributed by atoms with E-state index in [-0.39, 0.29) is 21.9 Å². The standard InChI is InChI=1S/C24H17BrN4O6S/c25-18-7-12-23(35-36(33,34)20-10-8-19(9-11-20)29(31)32)17(15-18)16-26-27-24(30)21-5-1-2-6-22(21)28-13-3-4-14-28/h1-16H,(H,27,30)/b26-16-. The molecule has 0 unspecified atom stereocenters. The topological polar surface area (TPSA) is 133 Å². The summed E-state index contributed by atoms with van der Waals surface area (Å²) in [4.78, 5) is 22.7. The van der Waals surface area contributed by atoms with Crippen molar-refractivity contribution in [3.63, 3.8) is 0 Å². The van der Waals surface area contributed by atoms with E-state index >= 15 is 0 Å². The third-order valence-electron chi connectivity index (χ3n) is 4.91. The zero-order valence-electron chi connectivity index (χ0n) is 18.3. The van der Waals surface area contributed by atoms with Crippen LogP contribution in [0.4, 0.5) is 5.69 Å². The third kappa shape index (κ3) is 5.67. The number of rotatable bonds is 8. The highest BCUT2D eigenvalue weighted by molar-refractivity contribution is 9.10. The number of nitrogens with one attached hydrogen (secondary N) is 1. The van der Waals surface area contributed by atoms with Gasteiger partial charge >= 0.3 is 10.1 Å². The van der Waals surface area contributed by atoms with E-state index in [0.29, 0.717) is 15.7 Å². The molecule has 1 aromatic heterocycles. The fraction of sp³-hybridized carbons (Fsp3) is 0. The highest BCUT2D eigenvalue weighted by Crippen LogP contribution is 2.26. The van der Waals surface area contributed by atoms with Crippen molar-refractivity contribution in [3.8, 4) is 11.4 Å². The Morgan fingerprint density at radius 2 is 1.72 bits per heavy atom. The fourth-order valence-corrected chi connectivity index (χ4v) is 4.54. The van der Waals surface area contributed by atoms with Gasteiger partial charge in [-0.25, -0.2) is 5.43 Å². The van der Waals surface area contributed by atoms with Crippen molar-refractivity contribution in [3.05, 3.63) is 117 Å². The second-order valence-corrected chi connectivity index (χ2v) is 9.74. The van der Waals surface area contributed by atoms with E-state index in [2.05, 4.69) is 26.5 Å². The first-order valence-electron chi connectivity index (χ1n) is 10.3. The molecule has 3 aromatic carbocycles. The molecule has 0 fully saturated rings. The molecule has 0 saturated heterocycles. The van der Waals surface area contributed by atoms with Crippen LogP contribution in [0.15, 0.2) is 106 Å². The minimum absolute atomic E-state index is 0.0534. The minimum atomic E-state index is -4.30. The van der Waals surface area contributed by atoms with Gasteiger partial charge in [-0.2, -0.15) is 13.5 Å². The molecule has 0 aliphatic carbocycles. The number of carbonyl (C=O) groups excluding carboxylic acids is 1. The van der Waals surface area contributed by atoms with Crippen LogP contribution in [0.25, 0.3) is 5.69 Å². The van der Waals surface area contributed by atoms with E-state index in [4.69, 9.17) is 4.18 Å². The number of hydrazone groups is 1. The number of hydrogen-bond acceptors (Lipinski definition) is 7. The van der Waals surface area contributed by atoms with Crippen LogP contribution in [0.2, 0.25) is 0 Å². The molecule has 0 saturated carbocycles. The number of carbonyl (C=O) groups is 1. The van der Waals surface area contributed by atoms with Gasteiger partial charge in [0.05, 0.1) is 22.4 Å². The highest BCUT2D eigenvalue weighted by Gasteiger charge is 2.20. The lowest BCUT2D eigenvalue weighted by Crippen LogP contribution is -2.19.